The summed E-state index contributed by atoms with van der Waals surface area (Å²) in [4.78, 5) is 0. The standard InChI is InChI=1S/C11H18N2O4S/c1-8-3-10(12-17-8)7-18(15,16)13(2)6-9-4-11(14)5-9/h3,9,11,14H,4-7H2,1-2H3. The molecule has 0 radical (unpaired) electrons. The van der Waals surface area contributed by atoms with Crippen molar-refractivity contribution in [1.82, 2.24) is 9.46 Å². The molecule has 102 valence electrons. The fourth-order valence-electron chi connectivity index (χ4n) is 2.11. The van der Waals surface area contributed by atoms with Crippen molar-refractivity contribution in [3.63, 3.8) is 0 Å². The van der Waals surface area contributed by atoms with Gasteiger partial charge in [-0.15, -0.1) is 0 Å². The number of aromatic nitrogens is 1. The maximum Gasteiger partial charge on any atom is 0.219 e. The van der Waals surface area contributed by atoms with Crippen LogP contribution in [-0.2, 0) is 15.8 Å². The van der Waals surface area contributed by atoms with Gasteiger partial charge in [-0.3, -0.25) is 0 Å². The van der Waals surface area contributed by atoms with Crippen LogP contribution < -0.4 is 0 Å². The normalized spacial score (nSPS) is 24.2. The Labute approximate surface area is 107 Å². The van der Waals surface area contributed by atoms with E-state index in [1.165, 1.54) is 4.31 Å². The van der Waals surface area contributed by atoms with E-state index >= 15 is 0 Å². The van der Waals surface area contributed by atoms with Crippen LogP contribution in [0.4, 0.5) is 0 Å². The van der Waals surface area contributed by atoms with Crippen LogP contribution in [0.3, 0.4) is 0 Å². The molecule has 1 aromatic heterocycles. The van der Waals surface area contributed by atoms with Crippen LogP contribution in [0.2, 0.25) is 0 Å². The van der Waals surface area contributed by atoms with Crippen LogP contribution >= 0.6 is 0 Å². The summed E-state index contributed by atoms with van der Waals surface area (Å²) in [7, 11) is -1.80. The van der Waals surface area contributed by atoms with E-state index in [0.29, 0.717) is 30.8 Å². The Morgan fingerprint density at radius 1 is 1.56 bits per heavy atom. The molecule has 1 fully saturated rings. The van der Waals surface area contributed by atoms with Gasteiger partial charge in [-0.2, -0.15) is 0 Å². The molecular weight excluding hydrogens is 256 g/mol. The minimum Gasteiger partial charge on any atom is -0.393 e. The van der Waals surface area contributed by atoms with E-state index in [-0.39, 0.29) is 17.8 Å². The Bertz CT molecular complexity index is 505. The van der Waals surface area contributed by atoms with E-state index < -0.39 is 10.0 Å². The summed E-state index contributed by atoms with van der Waals surface area (Å²) in [6.07, 6.45) is 1.11. The molecule has 6 nitrogen and oxygen atoms in total. The topological polar surface area (TPSA) is 83.6 Å². The molecule has 0 bridgehead atoms. The second kappa shape index (κ2) is 4.99. The highest BCUT2D eigenvalue weighted by Crippen LogP contribution is 2.28. The van der Waals surface area contributed by atoms with E-state index in [1.54, 1.807) is 20.0 Å². The third-order valence-corrected chi connectivity index (χ3v) is 4.97. The molecule has 0 atom stereocenters. The van der Waals surface area contributed by atoms with Crippen LogP contribution in [0.15, 0.2) is 10.6 Å². The lowest BCUT2D eigenvalue weighted by Crippen LogP contribution is -2.39. The Morgan fingerprint density at radius 2 is 2.22 bits per heavy atom. The average Bonchev–Trinajstić information content (AvgIpc) is 2.60. The van der Waals surface area contributed by atoms with Crippen LogP contribution in [0, 0.1) is 12.8 Å². The van der Waals surface area contributed by atoms with Gasteiger partial charge in [0, 0.05) is 19.7 Å². The van der Waals surface area contributed by atoms with Gasteiger partial charge >= 0.3 is 0 Å². The summed E-state index contributed by atoms with van der Waals surface area (Å²) in [6, 6.07) is 1.62. The number of hydrogen-bond donors (Lipinski definition) is 1. The molecule has 0 unspecified atom stereocenters. The lowest BCUT2D eigenvalue weighted by molar-refractivity contribution is 0.0367. The highest BCUT2D eigenvalue weighted by Gasteiger charge is 2.31. The highest BCUT2D eigenvalue weighted by atomic mass is 32.2. The van der Waals surface area contributed by atoms with Crippen molar-refractivity contribution in [1.29, 1.82) is 0 Å². The second-order valence-electron chi connectivity index (χ2n) is 4.96. The zero-order chi connectivity index (χ0) is 13.3. The monoisotopic (exact) mass is 274 g/mol. The summed E-state index contributed by atoms with van der Waals surface area (Å²) < 4.78 is 30.3. The number of hydrogen-bond acceptors (Lipinski definition) is 5. The average molecular weight is 274 g/mol. The smallest absolute Gasteiger partial charge is 0.219 e. The quantitative estimate of drug-likeness (QED) is 0.846. The first-order valence-electron chi connectivity index (χ1n) is 5.91. The van der Waals surface area contributed by atoms with Crippen LogP contribution in [-0.4, -0.2) is 42.7 Å². The summed E-state index contributed by atoms with van der Waals surface area (Å²) in [5.41, 5.74) is 0.424. The number of aliphatic hydroxyl groups excluding tert-OH is 1. The van der Waals surface area contributed by atoms with Crippen molar-refractivity contribution in [2.45, 2.75) is 31.6 Å². The molecule has 1 heterocycles. The predicted molar refractivity (Wildman–Crippen MR) is 65.2 cm³/mol. The molecule has 18 heavy (non-hydrogen) atoms. The number of nitrogens with zero attached hydrogens (tertiary/aromatic N) is 2. The van der Waals surface area contributed by atoms with Gasteiger partial charge in [-0.25, -0.2) is 12.7 Å². The molecule has 1 aliphatic rings. The fourth-order valence-corrected chi connectivity index (χ4v) is 3.28. The minimum absolute atomic E-state index is 0.143. The van der Waals surface area contributed by atoms with E-state index in [9.17, 15) is 13.5 Å². The van der Waals surface area contributed by atoms with E-state index in [1.807, 2.05) is 0 Å². The van der Waals surface area contributed by atoms with Gasteiger partial charge in [0.15, 0.2) is 0 Å². The summed E-state index contributed by atoms with van der Waals surface area (Å²) in [5, 5.41) is 12.9. The Morgan fingerprint density at radius 3 is 2.72 bits per heavy atom. The molecule has 7 heteroatoms. The molecule has 1 N–H and O–H groups in total. The zero-order valence-corrected chi connectivity index (χ0v) is 11.4. The first-order valence-corrected chi connectivity index (χ1v) is 7.52. The van der Waals surface area contributed by atoms with Gasteiger partial charge < -0.3 is 9.63 Å². The maximum absolute atomic E-state index is 12.0. The van der Waals surface area contributed by atoms with E-state index in [4.69, 9.17) is 4.52 Å². The molecule has 0 aliphatic heterocycles. The summed E-state index contributed by atoms with van der Waals surface area (Å²) in [5.74, 6) is 0.722. The van der Waals surface area contributed by atoms with Gasteiger partial charge in [-0.1, -0.05) is 5.16 Å². The summed E-state index contributed by atoms with van der Waals surface area (Å²) >= 11 is 0. The highest BCUT2D eigenvalue weighted by molar-refractivity contribution is 7.88. The van der Waals surface area contributed by atoms with Crippen molar-refractivity contribution < 1.29 is 18.0 Å². The van der Waals surface area contributed by atoms with Crippen LogP contribution in [0.5, 0.6) is 0 Å². The Balaban J connectivity index is 1.93. The lowest BCUT2D eigenvalue weighted by Gasteiger charge is -2.33. The predicted octanol–water partition coefficient (Wildman–Crippen LogP) is 0.516. The molecule has 1 aliphatic carbocycles. The van der Waals surface area contributed by atoms with Gasteiger partial charge in [0.05, 0.1) is 6.10 Å². The fraction of sp³-hybridized carbons (Fsp3) is 0.727. The number of rotatable bonds is 5. The van der Waals surface area contributed by atoms with Gasteiger partial charge in [0.25, 0.3) is 0 Å². The van der Waals surface area contributed by atoms with Crippen molar-refractivity contribution in [3.8, 4) is 0 Å². The van der Waals surface area contributed by atoms with Gasteiger partial charge in [-0.05, 0) is 25.7 Å². The first kappa shape index (κ1) is 13.5. The summed E-state index contributed by atoms with van der Waals surface area (Å²) in [6.45, 7) is 2.18. The largest absolute Gasteiger partial charge is 0.393 e. The second-order valence-corrected chi connectivity index (χ2v) is 7.03. The Hall–Kier alpha value is -0.920. The van der Waals surface area contributed by atoms with Crippen molar-refractivity contribution in [2.24, 2.45) is 5.92 Å². The maximum atomic E-state index is 12.0. The first-order chi connectivity index (χ1) is 8.37. The third-order valence-electron chi connectivity index (χ3n) is 3.21. The molecule has 0 saturated heterocycles. The van der Waals surface area contributed by atoms with E-state index in [2.05, 4.69) is 5.16 Å². The Kier molecular flexibility index (Phi) is 3.74. The minimum atomic E-state index is -3.36. The number of sulfonamides is 1. The SMILES string of the molecule is Cc1cc(CS(=O)(=O)N(C)CC2CC(O)C2)no1. The van der Waals surface area contributed by atoms with Crippen molar-refractivity contribution in [2.75, 3.05) is 13.6 Å². The van der Waals surface area contributed by atoms with Crippen molar-refractivity contribution in [3.05, 3.63) is 17.5 Å². The molecular formula is C11H18N2O4S. The van der Waals surface area contributed by atoms with Gasteiger partial charge in [0.2, 0.25) is 10.0 Å². The van der Waals surface area contributed by atoms with Gasteiger partial charge in [0.1, 0.15) is 17.2 Å². The third kappa shape index (κ3) is 3.09. The number of aliphatic hydroxyl groups is 1. The molecule has 0 spiro atoms. The molecule has 2 rings (SSSR count). The van der Waals surface area contributed by atoms with Crippen LogP contribution in [0.25, 0.3) is 0 Å². The van der Waals surface area contributed by atoms with Crippen LogP contribution in [0.1, 0.15) is 24.3 Å². The molecule has 1 aromatic rings. The molecule has 0 amide bonds. The van der Waals surface area contributed by atoms with Crippen molar-refractivity contribution >= 4 is 10.0 Å². The lowest BCUT2D eigenvalue weighted by atomic mass is 9.82. The molecule has 0 aromatic carbocycles. The molecule has 1 saturated carbocycles. The number of aryl methyl sites for hydroxylation is 1. The zero-order valence-electron chi connectivity index (χ0n) is 10.5. The van der Waals surface area contributed by atoms with E-state index in [0.717, 1.165) is 0 Å².